The van der Waals surface area contributed by atoms with Gasteiger partial charge in [0.2, 0.25) is 0 Å². The second-order valence-electron chi connectivity index (χ2n) is 5.74. The molecule has 2 aromatic heterocycles. The normalized spacial score (nSPS) is 29.4. The number of nitrogens with zero attached hydrogens (tertiary/aromatic N) is 4. The maximum Gasteiger partial charge on any atom is 0.115 e. The molecule has 0 aromatic carbocycles. The van der Waals surface area contributed by atoms with E-state index in [1.165, 1.54) is 11.4 Å². The van der Waals surface area contributed by atoms with Crippen LogP contribution in [0.4, 0.5) is 0 Å². The van der Waals surface area contributed by atoms with Gasteiger partial charge in [-0.15, -0.1) is 11.3 Å². The van der Waals surface area contributed by atoms with Crippen LogP contribution in [-0.4, -0.2) is 39.0 Å². The summed E-state index contributed by atoms with van der Waals surface area (Å²) in [5.74, 6) is 0.664. The highest BCUT2D eigenvalue weighted by Crippen LogP contribution is 2.40. The van der Waals surface area contributed by atoms with Crippen molar-refractivity contribution >= 4 is 11.3 Å². The summed E-state index contributed by atoms with van der Waals surface area (Å²) in [6.07, 6.45) is 8.05. The highest BCUT2D eigenvalue weighted by molar-refractivity contribution is 7.09. The van der Waals surface area contributed by atoms with Crippen molar-refractivity contribution in [1.29, 1.82) is 0 Å². The second kappa shape index (κ2) is 5.79. The molecule has 2 aromatic rings. The molecule has 2 saturated heterocycles. The topological polar surface area (TPSA) is 51.1 Å². The molecular weight excluding hydrogens is 284 g/mol. The van der Waals surface area contributed by atoms with Gasteiger partial charge < -0.3 is 4.74 Å². The first-order valence-electron chi connectivity index (χ1n) is 7.40. The molecule has 0 radical (unpaired) electrons. The second-order valence-corrected chi connectivity index (χ2v) is 6.72. The molecule has 21 heavy (non-hydrogen) atoms. The van der Waals surface area contributed by atoms with E-state index in [2.05, 4.69) is 19.9 Å². The molecule has 6 heteroatoms. The predicted octanol–water partition coefficient (Wildman–Crippen LogP) is 2.29. The lowest BCUT2D eigenvalue weighted by Gasteiger charge is -2.33. The summed E-state index contributed by atoms with van der Waals surface area (Å²) >= 11 is 1.73. The minimum atomic E-state index is 0.141. The van der Waals surface area contributed by atoms with Crippen LogP contribution >= 0.6 is 11.3 Å². The van der Waals surface area contributed by atoms with E-state index in [1.807, 2.05) is 17.6 Å². The molecule has 0 saturated carbocycles. The Hall–Kier alpha value is -1.37. The Balaban J connectivity index is 1.40. The summed E-state index contributed by atoms with van der Waals surface area (Å²) in [7, 11) is 0. The Morgan fingerprint density at radius 2 is 2.33 bits per heavy atom. The van der Waals surface area contributed by atoms with E-state index >= 15 is 0 Å². The molecule has 0 aliphatic carbocycles. The van der Waals surface area contributed by atoms with Gasteiger partial charge in [-0.1, -0.05) is 0 Å². The lowest BCUT2D eigenvalue weighted by Crippen LogP contribution is -2.41. The third kappa shape index (κ3) is 2.84. The number of hydrogen-bond acceptors (Lipinski definition) is 6. The molecule has 2 fully saturated rings. The quantitative estimate of drug-likeness (QED) is 0.870. The summed E-state index contributed by atoms with van der Waals surface area (Å²) in [5, 5.41) is 3.23. The summed E-state index contributed by atoms with van der Waals surface area (Å²) < 4.78 is 6.25. The summed E-state index contributed by atoms with van der Waals surface area (Å²) in [4.78, 5) is 15.2. The minimum Gasteiger partial charge on any atom is -0.367 e. The molecule has 4 heterocycles. The van der Waals surface area contributed by atoms with Crippen LogP contribution in [0, 0.1) is 5.92 Å². The Morgan fingerprint density at radius 1 is 1.33 bits per heavy atom. The number of fused-ring (bicyclic) bond motifs is 1. The summed E-state index contributed by atoms with van der Waals surface area (Å²) in [6.45, 7) is 3.09. The fourth-order valence-corrected chi connectivity index (χ4v) is 4.00. The Labute approximate surface area is 128 Å². The van der Waals surface area contributed by atoms with Crippen molar-refractivity contribution in [2.24, 2.45) is 5.92 Å². The van der Waals surface area contributed by atoms with Crippen molar-refractivity contribution in [3.05, 3.63) is 40.9 Å². The Kier molecular flexibility index (Phi) is 3.67. The molecule has 0 N–H and O–H groups in total. The first kappa shape index (κ1) is 13.3. The van der Waals surface area contributed by atoms with Gasteiger partial charge in [-0.25, -0.2) is 15.0 Å². The Bertz CT molecular complexity index is 577. The predicted molar refractivity (Wildman–Crippen MR) is 79.8 cm³/mol. The zero-order valence-corrected chi connectivity index (χ0v) is 12.6. The van der Waals surface area contributed by atoms with Crippen LogP contribution in [-0.2, 0) is 11.3 Å². The highest BCUT2D eigenvalue weighted by atomic mass is 32.1. The molecule has 0 amide bonds. The molecule has 0 unspecified atom stereocenters. The minimum absolute atomic E-state index is 0.141. The van der Waals surface area contributed by atoms with Gasteiger partial charge in [0.1, 0.15) is 17.4 Å². The van der Waals surface area contributed by atoms with E-state index in [0.717, 1.165) is 31.7 Å². The molecule has 5 nitrogen and oxygen atoms in total. The van der Waals surface area contributed by atoms with E-state index in [0.29, 0.717) is 12.0 Å². The number of ether oxygens (including phenoxy) is 1. The van der Waals surface area contributed by atoms with Crippen LogP contribution in [0.2, 0.25) is 0 Å². The smallest absolute Gasteiger partial charge is 0.115 e. The van der Waals surface area contributed by atoms with Crippen LogP contribution in [0.15, 0.2) is 30.2 Å². The lowest BCUT2D eigenvalue weighted by atomic mass is 9.91. The molecule has 110 valence electrons. The molecule has 2 aliphatic rings. The maximum absolute atomic E-state index is 6.25. The van der Waals surface area contributed by atoms with Gasteiger partial charge in [0.25, 0.3) is 0 Å². The first-order chi connectivity index (χ1) is 10.4. The van der Waals surface area contributed by atoms with Gasteiger partial charge in [0.15, 0.2) is 0 Å². The fourth-order valence-electron chi connectivity index (χ4n) is 3.34. The van der Waals surface area contributed by atoms with Crippen LogP contribution in [0.1, 0.15) is 29.6 Å². The number of aromatic nitrogens is 3. The maximum atomic E-state index is 6.25. The van der Waals surface area contributed by atoms with Crippen LogP contribution in [0.3, 0.4) is 0 Å². The van der Waals surface area contributed by atoms with Gasteiger partial charge in [-0.3, -0.25) is 4.90 Å². The molecule has 4 rings (SSSR count). The highest BCUT2D eigenvalue weighted by Gasteiger charge is 2.40. The van der Waals surface area contributed by atoms with Crippen molar-refractivity contribution in [3.8, 4) is 0 Å². The lowest BCUT2D eigenvalue weighted by molar-refractivity contribution is -0.0106. The van der Waals surface area contributed by atoms with E-state index in [9.17, 15) is 0 Å². The van der Waals surface area contributed by atoms with Crippen molar-refractivity contribution in [2.45, 2.75) is 31.6 Å². The Morgan fingerprint density at radius 3 is 3.14 bits per heavy atom. The van der Waals surface area contributed by atoms with Gasteiger partial charge in [0.05, 0.1) is 18.3 Å². The number of likely N-dealkylation sites (tertiary alicyclic amines) is 1. The van der Waals surface area contributed by atoms with Gasteiger partial charge >= 0.3 is 0 Å². The molecule has 3 atom stereocenters. The molecule has 0 spiro atoms. The van der Waals surface area contributed by atoms with E-state index < -0.39 is 0 Å². The summed E-state index contributed by atoms with van der Waals surface area (Å²) in [6, 6.07) is 1.97. The third-order valence-electron chi connectivity index (χ3n) is 4.41. The van der Waals surface area contributed by atoms with Crippen molar-refractivity contribution < 1.29 is 4.74 Å². The number of thiazole rings is 1. The van der Waals surface area contributed by atoms with Crippen LogP contribution in [0.25, 0.3) is 0 Å². The fraction of sp³-hybridized carbons (Fsp3) is 0.533. The van der Waals surface area contributed by atoms with Gasteiger partial charge in [-0.2, -0.15) is 0 Å². The first-order valence-corrected chi connectivity index (χ1v) is 8.28. The molecule has 0 bridgehead atoms. The number of piperidine rings is 1. The monoisotopic (exact) mass is 302 g/mol. The number of hydrogen-bond donors (Lipinski definition) is 0. The van der Waals surface area contributed by atoms with Gasteiger partial charge in [-0.05, 0) is 31.4 Å². The van der Waals surface area contributed by atoms with Crippen LogP contribution in [0.5, 0.6) is 0 Å². The number of rotatable bonds is 3. The van der Waals surface area contributed by atoms with Gasteiger partial charge in [0, 0.05) is 24.3 Å². The van der Waals surface area contributed by atoms with E-state index in [1.54, 1.807) is 23.9 Å². The van der Waals surface area contributed by atoms with Crippen molar-refractivity contribution in [3.63, 3.8) is 0 Å². The third-order valence-corrected chi connectivity index (χ3v) is 5.18. The molecule has 2 aliphatic heterocycles. The van der Waals surface area contributed by atoms with Crippen molar-refractivity contribution in [1.82, 2.24) is 19.9 Å². The van der Waals surface area contributed by atoms with Crippen molar-refractivity contribution in [2.75, 3.05) is 13.1 Å². The van der Waals surface area contributed by atoms with E-state index in [4.69, 9.17) is 4.74 Å². The molecular formula is C15H18N4OS. The standard InChI is InChI=1S/C15H18N4OS/c1-3-16-10-18-12(1)13-7-11-2-5-19(8-14(11)20-13)9-15-17-4-6-21-15/h1,3-4,6,10-11,13-14H,2,5,7-9H2/t11-,13+,14+/m1/s1. The van der Waals surface area contributed by atoms with E-state index in [-0.39, 0.29) is 6.10 Å². The zero-order valence-electron chi connectivity index (χ0n) is 11.8. The zero-order chi connectivity index (χ0) is 14.1. The average Bonchev–Trinajstić information content (AvgIpc) is 3.17. The van der Waals surface area contributed by atoms with Crippen LogP contribution < -0.4 is 0 Å². The summed E-state index contributed by atoms with van der Waals surface area (Å²) in [5.41, 5.74) is 1.02. The average molecular weight is 302 g/mol. The largest absolute Gasteiger partial charge is 0.367 e. The SMILES string of the molecule is c1cc([C@@H]2C[C@H]3CCN(Cc4nccs4)C[C@@H]3O2)ncn1.